The third-order valence-electron chi connectivity index (χ3n) is 5.12. The van der Waals surface area contributed by atoms with E-state index in [1.165, 1.54) is 11.8 Å². The lowest BCUT2D eigenvalue weighted by molar-refractivity contribution is -0.122. The van der Waals surface area contributed by atoms with Crippen LogP contribution in [0, 0.1) is 0 Å². The van der Waals surface area contributed by atoms with Crippen LogP contribution < -0.4 is 5.32 Å². The van der Waals surface area contributed by atoms with Crippen LogP contribution in [0.2, 0.25) is 0 Å². The number of halogens is 1. The van der Waals surface area contributed by atoms with Crippen LogP contribution in [0.4, 0.5) is 5.69 Å². The van der Waals surface area contributed by atoms with Crippen LogP contribution in [0.15, 0.2) is 51.8 Å². The summed E-state index contributed by atoms with van der Waals surface area (Å²) < 4.78 is 6.23. The van der Waals surface area contributed by atoms with Crippen molar-refractivity contribution in [2.45, 2.75) is 32.6 Å². The molecule has 2 N–H and O–H groups in total. The standard InChI is InChI=1S/C25H25BrN2O5S2/c1-2-33-24(32)16-7-10-19(11-8-16)27-22(30)6-4-3-5-13-28-23(31)21(35-25(28)34)15-17-14-18(26)9-12-20(17)29/h7-12,14-15,29H,2-6,13H2,1H3,(H,27,30)/b21-15-. The number of carbonyl (C=O) groups is 3. The molecular formula is C25H25BrN2O5S2. The summed E-state index contributed by atoms with van der Waals surface area (Å²) in [6.07, 6.45) is 4.13. The average Bonchev–Trinajstić information content (AvgIpc) is 3.09. The van der Waals surface area contributed by atoms with E-state index in [4.69, 9.17) is 17.0 Å². The van der Waals surface area contributed by atoms with E-state index in [1.807, 2.05) is 0 Å². The molecule has 10 heteroatoms. The van der Waals surface area contributed by atoms with Gasteiger partial charge in [-0.2, -0.15) is 0 Å². The van der Waals surface area contributed by atoms with E-state index in [2.05, 4.69) is 21.2 Å². The van der Waals surface area contributed by atoms with Crippen molar-refractivity contribution < 1.29 is 24.2 Å². The molecule has 0 saturated carbocycles. The Balaban J connectivity index is 1.41. The molecule has 35 heavy (non-hydrogen) atoms. The number of phenols is 1. The summed E-state index contributed by atoms with van der Waals surface area (Å²) in [5, 5.41) is 12.8. The number of rotatable bonds is 10. The molecule has 184 valence electrons. The van der Waals surface area contributed by atoms with Gasteiger partial charge in [0.2, 0.25) is 5.91 Å². The van der Waals surface area contributed by atoms with Crippen molar-refractivity contribution in [3.63, 3.8) is 0 Å². The van der Waals surface area contributed by atoms with Gasteiger partial charge in [0.05, 0.1) is 17.1 Å². The van der Waals surface area contributed by atoms with Crippen molar-refractivity contribution in [1.29, 1.82) is 0 Å². The van der Waals surface area contributed by atoms with E-state index in [0.717, 1.165) is 10.9 Å². The molecule has 1 saturated heterocycles. The Kier molecular flexibility index (Phi) is 9.88. The van der Waals surface area contributed by atoms with Gasteiger partial charge in [-0.05, 0) is 68.3 Å². The molecule has 2 aromatic rings. The first-order valence-electron chi connectivity index (χ1n) is 11.1. The van der Waals surface area contributed by atoms with Gasteiger partial charge in [0.15, 0.2) is 0 Å². The van der Waals surface area contributed by atoms with Crippen molar-refractivity contribution in [1.82, 2.24) is 4.90 Å². The van der Waals surface area contributed by atoms with Crippen molar-refractivity contribution in [3.05, 3.63) is 63.0 Å². The Morgan fingerprint density at radius 1 is 1.17 bits per heavy atom. The van der Waals surface area contributed by atoms with Crippen molar-refractivity contribution in [2.75, 3.05) is 18.5 Å². The van der Waals surface area contributed by atoms with Crippen LogP contribution in [-0.2, 0) is 14.3 Å². The molecule has 0 aliphatic carbocycles. The number of aromatic hydroxyl groups is 1. The highest BCUT2D eigenvalue weighted by Gasteiger charge is 2.31. The number of esters is 1. The maximum absolute atomic E-state index is 12.8. The van der Waals surface area contributed by atoms with Crippen LogP contribution in [0.25, 0.3) is 6.08 Å². The van der Waals surface area contributed by atoms with Gasteiger partial charge in [0.1, 0.15) is 10.1 Å². The topological polar surface area (TPSA) is 95.9 Å². The number of hydrogen-bond donors (Lipinski definition) is 2. The maximum Gasteiger partial charge on any atom is 0.338 e. The third-order valence-corrected chi connectivity index (χ3v) is 6.99. The fourth-order valence-electron chi connectivity index (χ4n) is 3.33. The van der Waals surface area contributed by atoms with Gasteiger partial charge in [-0.1, -0.05) is 46.3 Å². The zero-order valence-electron chi connectivity index (χ0n) is 19.1. The van der Waals surface area contributed by atoms with Crippen LogP contribution in [0.3, 0.4) is 0 Å². The van der Waals surface area contributed by atoms with Gasteiger partial charge in [-0.3, -0.25) is 14.5 Å². The lowest BCUT2D eigenvalue weighted by atomic mass is 10.1. The molecule has 1 fully saturated rings. The summed E-state index contributed by atoms with van der Waals surface area (Å²) in [7, 11) is 0. The fourth-order valence-corrected chi connectivity index (χ4v) is 5.01. The predicted molar refractivity (Wildman–Crippen MR) is 145 cm³/mol. The molecule has 0 aromatic heterocycles. The van der Waals surface area contributed by atoms with E-state index in [1.54, 1.807) is 60.4 Å². The smallest absolute Gasteiger partial charge is 0.338 e. The summed E-state index contributed by atoms with van der Waals surface area (Å²) >= 11 is 9.94. The Morgan fingerprint density at radius 3 is 2.63 bits per heavy atom. The molecule has 7 nitrogen and oxygen atoms in total. The number of thioether (sulfide) groups is 1. The molecule has 0 bridgehead atoms. The lowest BCUT2D eigenvalue weighted by Crippen LogP contribution is -2.29. The van der Waals surface area contributed by atoms with Crippen LogP contribution >= 0.6 is 39.9 Å². The average molecular weight is 578 g/mol. The Morgan fingerprint density at radius 2 is 1.91 bits per heavy atom. The second kappa shape index (κ2) is 12.9. The third kappa shape index (κ3) is 7.65. The van der Waals surface area contributed by atoms with E-state index in [9.17, 15) is 19.5 Å². The number of ether oxygens (including phenoxy) is 1. The van der Waals surface area contributed by atoms with Gasteiger partial charge in [-0.15, -0.1) is 0 Å². The van der Waals surface area contributed by atoms with E-state index in [0.29, 0.717) is 58.5 Å². The maximum atomic E-state index is 12.8. The van der Waals surface area contributed by atoms with Gasteiger partial charge in [0.25, 0.3) is 5.91 Å². The van der Waals surface area contributed by atoms with E-state index < -0.39 is 5.97 Å². The van der Waals surface area contributed by atoms with Gasteiger partial charge in [-0.25, -0.2) is 4.79 Å². The second-order valence-corrected chi connectivity index (χ2v) is 10.3. The number of phenolic OH excluding ortho intramolecular Hbond substituents is 1. The molecular weight excluding hydrogens is 552 g/mol. The number of unbranched alkanes of at least 4 members (excludes halogenated alkanes) is 2. The molecule has 2 amide bonds. The number of nitrogens with zero attached hydrogens (tertiary/aromatic N) is 1. The zero-order valence-corrected chi connectivity index (χ0v) is 22.3. The largest absolute Gasteiger partial charge is 0.507 e. The Bertz CT molecular complexity index is 1150. The van der Waals surface area contributed by atoms with Crippen LogP contribution in [0.5, 0.6) is 5.75 Å². The number of hydrogen-bond acceptors (Lipinski definition) is 7. The molecule has 1 heterocycles. The number of thiocarbonyl (C=S) groups is 1. The summed E-state index contributed by atoms with van der Waals surface area (Å²) in [4.78, 5) is 38.7. The predicted octanol–water partition coefficient (Wildman–Crippen LogP) is 5.73. The lowest BCUT2D eigenvalue weighted by Gasteiger charge is -2.14. The number of anilines is 1. The summed E-state index contributed by atoms with van der Waals surface area (Å²) in [5.74, 6) is -0.597. The minimum Gasteiger partial charge on any atom is -0.507 e. The number of nitrogens with one attached hydrogen (secondary N) is 1. The highest BCUT2D eigenvalue weighted by molar-refractivity contribution is 9.10. The Labute approximate surface area is 222 Å². The van der Waals surface area contributed by atoms with Gasteiger partial charge >= 0.3 is 5.97 Å². The van der Waals surface area contributed by atoms with E-state index >= 15 is 0 Å². The van der Waals surface area contributed by atoms with E-state index in [-0.39, 0.29) is 17.6 Å². The summed E-state index contributed by atoms with van der Waals surface area (Å²) in [5.41, 5.74) is 1.59. The quantitative estimate of drug-likeness (QED) is 0.161. The minimum atomic E-state index is -0.395. The molecule has 0 radical (unpaired) electrons. The fraction of sp³-hybridized carbons (Fsp3) is 0.280. The highest BCUT2D eigenvalue weighted by atomic mass is 79.9. The molecule has 0 atom stereocenters. The van der Waals surface area contributed by atoms with Crippen molar-refractivity contribution in [2.24, 2.45) is 0 Å². The molecule has 0 spiro atoms. The van der Waals surface area contributed by atoms with Crippen LogP contribution in [0.1, 0.15) is 48.5 Å². The van der Waals surface area contributed by atoms with Gasteiger partial charge in [0, 0.05) is 28.7 Å². The van der Waals surface area contributed by atoms with Crippen molar-refractivity contribution >= 4 is 73.8 Å². The Hall–Kier alpha value is -2.69. The molecule has 1 aliphatic rings. The molecule has 0 unspecified atom stereocenters. The monoisotopic (exact) mass is 576 g/mol. The summed E-state index contributed by atoms with van der Waals surface area (Å²) in [6, 6.07) is 11.6. The van der Waals surface area contributed by atoms with Crippen molar-refractivity contribution in [3.8, 4) is 5.75 Å². The molecule has 3 rings (SSSR count). The highest BCUT2D eigenvalue weighted by Crippen LogP contribution is 2.35. The zero-order chi connectivity index (χ0) is 25.4. The molecule has 2 aromatic carbocycles. The SMILES string of the molecule is CCOC(=O)c1ccc(NC(=O)CCCCCN2C(=O)/C(=C/c3cc(Br)ccc3O)SC2=S)cc1. The molecule has 1 aliphatic heterocycles. The normalized spacial score (nSPS) is 14.5. The van der Waals surface area contributed by atoms with Gasteiger partial charge < -0.3 is 15.2 Å². The first kappa shape index (κ1) is 26.9. The first-order valence-corrected chi connectivity index (χ1v) is 13.1. The first-order chi connectivity index (χ1) is 16.8. The minimum absolute atomic E-state index is 0.0895. The second-order valence-electron chi connectivity index (χ2n) is 7.69. The number of benzene rings is 2. The summed E-state index contributed by atoms with van der Waals surface area (Å²) in [6.45, 7) is 2.53. The van der Waals surface area contributed by atoms with Crippen LogP contribution in [-0.4, -0.2) is 45.3 Å². The number of carbonyl (C=O) groups excluding carboxylic acids is 3. The number of amides is 2.